The minimum Gasteiger partial charge on any atom is -0.378 e. The fraction of sp³-hybridized carbons (Fsp3) is 0.800. The molecule has 6 heteroatoms. The largest absolute Gasteiger partial charge is 0.378 e. The Morgan fingerprint density at radius 3 is 2.90 bits per heavy atom. The average Bonchev–Trinajstić information content (AvgIpc) is 3.18. The molecule has 116 valence electrons. The second kappa shape index (κ2) is 5.91. The van der Waals surface area contributed by atoms with Crippen molar-refractivity contribution in [2.45, 2.75) is 62.5 Å². The molecule has 0 unspecified atom stereocenters. The lowest BCUT2D eigenvalue weighted by Crippen LogP contribution is -2.46. The van der Waals surface area contributed by atoms with Gasteiger partial charge in [-0.3, -0.25) is 4.90 Å². The average molecular weight is 308 g/mol. The van der Waals surface area contributed by atoms with Crippen molar-refractivity contribution in [2.75, 3.05) is 13.2 Å². The maximum absolute atomic E-state index is 6.04. The van der Waals surface area contributed by atoms with Crippen LogP contribution < -0.4 is 5.73 Å². The van der Waals surface area contributed by atoms with E-state index in [4.69, 9.17) is 10.5 Å². The Bertz CT molecular complexity index is 500. The van der Waals surface area contributed by atoms with Gasteiger partial charge in [-0.05, 0) is 31.2 Å². The van der Waals surface area contributed by atoms with Gasteiger partial charge in [-0.2, -0.15) is 5.10 Å². The zero-order valence-corrected chi connectivity index (χ0v) is 13.2. The van der Waals surface area contributed by atoms with Crippen molar-refractivity contribution in [3.63, 3.8) is 0 Å². The van der Waals surface area contributed by atoms with Crippen LogP contribution in [0.5, 0.6) is 0 Å². The van der Waals surface area contributed by atoms with E-state index in [1.54, 1.807) is 0 Å². The Morgan fingerprint density at radius 1 is 1.24 bits per heavy atom. The molecule has 2 N–H and O–H groups in total. The third-order valence-corrected chi connectivity index (χ3v) is 6.21. The molecule has 3 heterocycles. The van der Waals surface area contributed by atoms with Gasteiger partial charge in [-0.15, -0.1) is 0 Å². The van der Waals surface area contributed by atoms with E-state index in [-0.39, 0.29) is 6.04 Å². The minimum absolute atomic E-state index is 0.192. The maximum Gasteiger partial charge on any atom is 0.0698 e. The van der Waals surface area contributed by atoms with Gasteiger partial charge in [0.1, 0.15) is 0 Å². The monoisotopic (exact) mass is 308 g/mol. The highest BCUT2D eigenvalue weighted by Crippen LogP contribution is 2.34. The molecule has 21 heavy (non-hydrogen) atoms. The normalized spacial score (nSPS) is 30.9. The number of rotatable bonds is 3. The Balaban J connectivity index is 1.43. The summed E-state index contributed by atoms with van der Waals surface area (Å²) in [5.41, 5.74) is 8.82. The predicted molar refractivity (Wildman–Crippen MR) is 83.9 cm³/mol. The summed E-state index contributed by atoms with van der Waals surface area (Å²) in [5, 5.41) is 5.35. The van der Waals surface area contributed by atoms with Crippen LogP contribution in [-0.2, 0) is 17.8 Å². The number of hydrogen-bond donors (Lipinski definition) is 1. The van der Waals surface area contributed by atoms with Crippen molar-refractivity contribution >= 4 is 11.9 Å². The smallest absolute Gasteiger partial charge is 0.0698 e. The molecule has 5 nitrogen and oxygen atoms in total. The lowest BCUT2D eigenvalue weighted by molar-refractivity contribution is 0.00504. The summed E-state index contributed by atoms with van der Waals surface area (Å²) in [5.74, 6) is 0. The second-order valence-electron chi connectivity index (χ2n) is 6.59. The quantitative estimate of drug-likeness (QED) is 0.922. The number of aromatic nitrogens is 2. The molecule has 2 atom stereocenters. The van der Waals surface area contributed by atoms with Crippen molar-refractivity contribution in [3.05, 3.63) is 17.5 Å². The van der Waals surface area contributed by atoms with Crippen molar-refractivity contribution < 1.29 is 4.74 Å². The van der Waals surface area contributed by atoms with E-state index in [9.17, 15) is 0 Å². The molecule has 1 aliphatic carbocycles. The van der Waals surface area contributed by atoms with Gasteiger partial charge in [0.2, 0.25) is 0 Å². The molecule has 2 aliphatic heterocycles. The van der Waals surface area contributed by atoms with Crippen LogP contribution in [0.4, 0.5) is 0 Å². The molecule has 1 saturated carbocycles. The van der Waals surface area contributed by atoms with Gasteiger partial charge in [0.05, 0.1) is 25.1 Å². The number of ether oxygens (including phenoxy) is 1. The molecule has 1 aromatic heterocycles. The third-order valence-electron chi connectivity index (χ3n) is 4.93. The number of fused-ring (bicyclic) bond motifs is 1. The number of nitrogens with zero attached hydrogens (tertiary/aromatic N) is 3. The van der Waals surface area contributed by atoms with Gasteiger partial charge < -0.3 is 10.5 Å². The van der Waals surface area contributed by atoms with Gasteiger partial charge in [0.25, 0.3) is 0 Å². The number of hydrogen-bond acceptors (Lipinski definition) is 5. The summed E-state index contributed by atoms with van der Waals surface area (Å²) in [4.78, 5) is 2.51. The molecule has 0 aromatic carbocycles. The molecule has 4 rings (SSSR count). The van der Waals surface area contributed by atoms with Gasteiger partial charge in [-0.25, -0.2) is 4.09 Å². The van der Waals surface area contributed by atoms with E-state index in [1.165, 1.54) is 36.9 Å². The van der Waals surface area contributed by atoms with E-state index in [0.717, 1.165) is 31.4 Å². The van der Waals surface area contributed by atoms with Crippen LogP contribution >= 0.6 is 11.9 Å². The van der Waals surface area contributed by atoms with E-state index in [1.807, 2.05) is 11.9 Å². The fourth-order valence-electron chi connectivity index (χ4n) is 3.73. The van der Waals surface area contributed by atoms with E-state index < -0.39 is 0 Å². The molecule has 3 aliphatic rings. The molecule has 2 fully saturated rings. The van der Waals surface area contributed by atoms with Gasteiger partial charge >= 0.3 is 0 Å². The lowest BCUT2D eigenvalue weighted by Gasteiger charge is -2.33. The summed E-state index contributed by atoms with van der Waals surface area (Å²) in [6.45, 7) is 3.53. The first-order valence-corrected chi connectivity index (χ1v) is 8.93. The van der Waals surface area contributed by atoms with E-state index >= 15 is 0 Å². The highest BCUT2D eigenvalue weighted by Gasteiger charge is 2.32. The van der Waals surface area contributed by atoms with Crippen LogP contribution in [0.3, 0.4) is 0 Å². The van der Waals surface area contributed by atoms with Gasteiger partial charge in [0, 0.05) is 36.0 Å². The molecule has 0 radical (unpaired) electrons. The second-order valence-corrected chi connectivity index (χ2v) is 7.82. The SMILES string of the molecule is N[C@@H]1COC[C@H](N2Cc3cnn(SC4CCCC4)c3C2)C1. The summed E-state index contributed by atoms with van der Waals surface area (Å²) < 4.78 is 7.82. The van der Waals surface area contributed by atoms with E-state index in [2.05, 4.69) is 20.3 Å². The standard InChI is InChI=1S/C15H24N4OS/c16-12-5-13(10-20-9-12)18-7-11-6-17-19(15(11)8-18)21-14-3-1-2-4-14/h6,12-14H,1-5,7-10,16H2/t12-,13+/m0/s1. The Morgan fingerprint density at radius 2 is 2.10 bits per heavy atom. The van der Waals surface area contributed by atoms with E-state index in [0.29, 0.717) is 12.6 Å². The summed E-state index contributed by atoms with van der Waals surface area (Å²) >= 11 is 1.94. The summed E-state index contributed by atoms with van der Waals surface area (Å²) in [6, 6.07) is 0.655. The van der Waals surface area contributed by atoms with Crippen LogP contribution in [0.1, 0.15) is 43.4 Å². The molecular weight excluding hydrogens is 284 g/mol. The topological polar surface area (TPSA) is 56.3 Å². The number of nitrogens with two attached hydrogens (primary N) is 1. The highest BCUT2D eigenvalue weighted by molar-refractivity contribution is 7.98. The molecular formula is C15H24N4OS. The predicted octanol–water partition coefficient (Wildman–Crippen LogP) is 1.75. The Labute approximate surface area is 130 Å². The maximum atomic E-state index is 6.04. The Hall–Kier alpha value is -0.560. The van der Waals surface area contributed by atoms with Crippen LogP contribution in [0, 0.1) is 0 Å². The van der Waals surface area contributed by atoms with Crippen molar-refractivity contribution in [3.8, 4) is 0 Å². The molecule has 0 amide bonds. The summed E-state index contributed by atoms with van der Waals surface area (Å²) in [7, 11) is 0. The van der Waals surface area contributed by atoms with Crippen LogP contribution in [-0.4, -0.2) is 44.6 Å². The van der Waals surface area contributed by atoms with Crippen LogP contribution in [0.2, 0.25) is 0 Å². The first-order valence-electron chi connectivity index (χ1n) is 8.10. The highest BCUT2D eigenvalue weighted by atomic mass is 32.2. The zero-order valence-electron chi connectivity index (χ0n) is 12.4. The van der Waals surface area contributed by atoms with Crippen molar-refractivity contribution in [1.82, 2.24) is 14.1 Å². The first-order chi connectivity index (χ1) is 10.3. The minimum atomic E-state index is 0.192. The lowest BCUT2D eigenvalue weighted by atomic mass is 10.1. The van der Waals surface area contributed by atoms with Gasteiger partial charge in [-0.1, -0.05) is 12.8 Å². The van der Waals surface area contributed by atoms with Crippen LogP contribution in [0.25, 0.3) is 0 Å². The Kier molecular flexibility index (Phi) is 3.96. The fourth-order valence-corrected chi connectivity index (χ4v) is 4.96. The summed E-state index contributed by atoms with van der Waals surface area (Å²) in [6.07, 6.45) is 8.55. The van der Waals surface area contributed by atoms with Crippen LogP contribution in [0.15, 0.2) is 6.20 Å². The third kappa shape index (κ3) is 2.86. The first kappa shape index (κ1) is 14.1. The zero-order chi connectivity index (χ0) is 14.2. The molecule has 1 aromatic rings. The van der Waals surface area contributed by atoms with Crippen molar-refractivity contribution in [1.29, 1.82) is 0 Å². The molecule has 0 bridgehead atoms. The molecule has 0 spiro atoms. The van der Waals surface area contributed by atoms with Crippen molar-refractivity contribution in [2.24, 2.45) is 5.73 Å². The molecule has 1 saturated heterocycles. The van der Waals surface area contributed by atoms with Gasteiger partial charge in [0.15, 0.2) is 0 Å².